The monoisotopic (exact) mass is 300 g/mol. The molecule has 1 amide bonds. The largest absolute Gasteiger partial charge is 0.320 e. The van der Waals surface area contributed by atoms with Crippen molar-refractivity contribution in [3.05, 3.63) is 46.0 Å². The van der Waals surface area contributed by atoms with Crippen molar-refractivity contribution < 1.29 is 4.79 Å². The van der Waals surface area contributed by atoms with Crippen LogP contribution in [0.4, 0.5) is 0 Å². The van der Waals surface area contributed by atoms with Crippen molar-refractivity contribution in [1.29, 1.82) is 5.26 Å². The van der Waals surface area contributed by atoms with E-state index in [4.69, 9.17) is 0 Å². The molecule has 0 aliphatic carbocycles. The zero-order valence-electron chi connectivity index (χ0n) is 12.6. The fraction of sp³-hybridized carbons (Fsp3) is 0.412. The average molecular weight is 300 g/mol. The third-order valence-electron chi connectivity index (χ3n) is 3.65. The second-order valence-electron chi connectivity index (χ2n) is 5.41. The van der Waals surface area contributed by atoms with E-state index >= 15 is 0 Å². The van der Waals surface area contributed by atoms with Gasteiger partial charge in [0, 0.05) is 12.3 Å². The van der Waals surface area contributed by atoms with E-state index in [1.807, 2.05) is 19.1 Å². The second kappa shape index (κ2) is 6.82. The summed E-state index contributed by atoms with van der Waals surface area (Å²) >= 11 is 1.52. The normalized spacial score (nSPS) is 18.6. The molecule has 0 saturated carbocycles. The molecule has 1 aromatic carbocycles. The molecule has 1 aliphatic rings. The summed E-state index contributed by atoms with van der Waals surface area (Å²) in [5.74, 6) is 1.17. The van der Waals surface area contributed by atoms with Crippen molar-refractivity contribution in [1.82, 2.24) is 5.32 Å². The number of allylic oxidation sites excluding steroid dienone is 1. The summed E-state index contributed by atoms with van der Waals surface area (Å²) in [5.41, 5.74) is 2.99. The van der Waals surface area contributed by atoms with Crippen LogP contribution in [0.25, 0.3) is 0 Å². The Morgan fingerprint density at radius 2 is 2.05 bits per heavy atom. The summed E-state index contributed by atoms with van der Waals surface area (Å²) in [4.78, 5) is 11.9. The van der Waals surface area contributed by atoms with E-state index in [-0.39, 0.29) is 11.8 Å². The predicted molar refractivity (Wildman–Crippen MR) is 86.8 cm³/mol. The van der Waals surface area contributed by atoms with Crippen molar-refractivity contribution in [3.8, 4) is 6.07 Å². The maximum absolute atomic E-state index is 11.9. The van der Waals surface area contributed by atoms with E-state index in [1.54, 1.807) is 0 Å². The standard InChI is InChI=1S/C17H20N2OS/c1-4-21-17-15(10-18)14(9-16(20)19-17)13-7-5-12(6-8-13)11(2)3/h5-8,11,14H,4,9H2,1-3H3,(H,19,20). The first-order chi connectivity index (χ1) is 10.1. The minimum atomic E-state index is -0.126. The van der Waals surface area contributed by atoms with Gasteiger partial charge in [-0.25, -0.2) is 0 Å². The third-order valence-corrected chi connectivity index (χ3v) is 4.55. The van der Waals surface area contributed by atoms with E-state index in [0.29, 0.717) is 22.9 Å². The Morgan fingerprint density at radius 3 is 2.57 bits per heavy atom. The molecule has 1 aliphatic heterocycles. The molecule has 1 N–H and O–H groups in total. The quantitative estimate of drug-likeness (QED) is 0.917. The lowest BCUT2D eigenvalue weighted by atomic mass is 9.86. The Hall–Kier alpha value is -1.73. The predicted octanol–water partition coefficient (Wildman–Crippen LogP) is 3.90. The van der Waals surface area contributed by atoms with Crippen molar-refractivity contribution >= 4 is 17.7 Å². The van der Waals surface area contributed by atoms with Gasteiger partial charge in [0.1, 0.15) is 0 Å². The summed E-state index contributed by atoms with van der Waals surface area (Å²) in [7, 11) is 0. The van der Waals surface area contributed by atoms with Gasteiger partial charge in [-0.3, -0.25) is 4.79 Å². The smallest absolute Gasteiger partial charge is 0.225 e. The Labute approximate surface area is 130 Å². The molecule has 21 heavy (non-hydrogen) atoms. The van der Waals surface area contributed by atoms with E-state index in [9.17, 15) is 10.1 Å². The Morgan fingerprint density at radius 1 is 1.38 bits per heavy atom. The molecule has 0 bridgehead atoms. The summed E-state index contributed by atoms with van der Waals surface area (Å²) in [6.45, 7) is 6.32. The first-order valence-electron chi connectivity index (χ1n) is 7.23. The number of nitriles is 1. The molecular formula is C17H20N2OS. The summed E-state index contributed by atoms with van der Waals surface area (Å²) in [6, 6.07) is 10.6. The zero-order chi connectivity index (χ0) is 15.4. The van der Waals surface area contributed by atoms with Crippen molar-refractivity contribution in [2.24, 2.45) is 0 Å². The second-order valence-corrected chi connectivity index (χ2v) is 6.69. The Kier molecular flexibility index (Phi) is 5.08. The molecule has 1 unspecified atom stereocenters. The van der Waals surface area contributed by atoms with Crippen molar-refractivity contribution in [3.63, 3.8) is 0 Å². The fourth-order valence-electron chi connectivity index (χ4n) is 2.48. The molecule has 3 nitrogen and oxygen atoms in total. The fourth-order valence-corrected chi connectivity index (χ4v) is 3.29. The number of hydrogen-bond donors (Lipinski definition) is 1. The van der Waals surface area contributed by atoms with Gasteiger partial charge in [-0.05, 0) is 22.8 Å². The topological polar surface area (TPSA) is 52.9 Å². The van der Waals surface area contributed by atoms with Crippen LogP contribution >= 0.6 is 11.8 Å². The average Bonchev–Trinajstić information content (AvgIpc) is 2.47. The van der Waals surface area contributed by atoms with E-state index in [1.165, 1.54) is 17.3 Å². The number of carbonyl (C=O) groups excluding carboxylic acids is 1. The first-order valence-corrected chi connectivity index (χ1v) is 8.22. The molecule has 0 saturated heterocycles. The molecule has 0 aromatic heterocycles. The lowest BCUT2D eigenvalue weighted by molar-refractivity contribution is -0.120. The maximum Gasteiger partial charge on any atom is 0.225 e. The maximum atomic E-state index is 11.9. The Balaban J connectivity index is 2.38. The van der Waals surface area contributed by atoms with Crippen LogP contribution in [-0.2, 0) is 4.79 Å². The highest BCUT2D eigenvalue weighted by atomic mass is 32.2. The van der Waals surface area contributed by atoms with Crippen LogP contribution in [0.2, 0.25) is 0 Å². The molecule has 0 fully saturated rings. The molecule has 4 heteroatoms. The molecule has 2 rings (SSSR count). The summed E-state index contributed by atoms with van der Waals surface area (Å²) < 4.78 is 0. The van der Waals surface area contributed by atoms with Crippen LogP contribution in [0.15, 0.2) is 34.9 Å². The Bertz CT molecular complexity index is 596. The van der Waals surface area contributed by atoms with Crippen LogP contribution < -0.4 is 5.32 Å². The van der Waals surface area contributed by atoms with Gasteiger partial charge in [0.15, 0.2) is 0 Å². The first kappa shape index (κ1) is 15.7. The van der Waals surface area contributed by atoms with Gasteiger partial charge >= 0.3 is 0 Å². The molecule has 1 heterocycles. The highest BCUT2D eigenvalue weighted by Gasteiger charge is 2.29. The third kappa shape index (κ3) is 3.48. The lowest BCUT2D eigenvalue weighted by Gasteiger charge is -2.25. The minimum Gasteiger partial charge on any atom is -0.320 e. The van der Waals surface area contributed by atoms with Crippen molar-refractivity contribution in [2.45, 2.75) is 39.0 Å². The van der Waals surface area contributed by atoms with Gasteiger partial charge < -0.3 is 5.32 Å². The van der Waals surface area contributed by atoms with Gasteiger partial charge in [0.05, 0.1) is 16.7 Å². The highest BCUT2D eigenvalue weighted by Crippen LogP contribution is 2.36. The van der Waals surface area contributed by atoms with Gasteiger partial charge in [0.2, 0.25) is 5.91 Å². The highest BCUT2D eigenvalue weighted by molar-refractivity contribution is 8.03. The van der Waals surface area contributed by atoms with Crippen LogP contribution in [0.3, 0.4) is 0 Å². The molecule has 110 valence electrons. The number of hydrogen-bond acceptors (Lipinski definition) is 3. The van der Waals surface area contributed by atoms with Gasteiger partial charge in [-0.15, -0.1) is 11.8 Å². The molecule has 1 aromatic rings. The van der Waals surface area contributed by atoms with Gasteiger partial charge in [-0.2, -0.15) is 5.26 Å². The lowest BCUT2D eigenvalue weighted by Crippen LogP contribution is -2.30. The number of amides is 1. The van der Waals surface area contributed by atoms with E-state index in [2.05, 4.69) is 37.4 Å². The van der Waals surface area contributed by atoms with Crippen LogP contribution in [0, 0.1) is 11.3 Å². The number of rotatable bonds is 4. The van der Waals surface area contributed by atoms with Crippen LogP contribution in [-0.4, -0.2) is 11.7 Å². The van der Waals surface area contributed by atoms with E-state index < -0.39 is 0 Å². The number of nitrogens with one attached hydrogen (secondary N) is 1. The number of benzene rings is 1. The minimum absolute atomic E-state index is 0.0112. The van der Waals surface area contributed by atoms with Crippen molar-refractivity contribution in [2.75, 3.05) is 5.75 Å². The number of nitrogens with zero attached hydrogens (tertiary/aromatic N) is 1. The van der Waals surface area contributed by atoms with Gasteiger partial charge in [-0.1, -0.05) is 45.0 Å². The molecule has 0 radical (unpaired) electrons. The summed E-state index contributed by atoms with van der Waals surface area (Å²) in [6.07, 6.45) is 0.345. The molecule has 1 atom stereocenters. The molecule has 0 spiro atoms. The van der Waals surface area contributed by atoms with Gasteiger partial charge in [0.25, 0.3) is 0 Å². The molecular weight excluding hydrogens is 280 g/mol. The van der Waals surface area contributed by atoms with Crippen LogP contribution in [0.1, 0.15) is 50.2 Å². The SMILES string of the molecule is CCSC1=C(C#N)C(c2ccc(C(C)C)cc2)CC(=O)N1. The zero-order valence-corrected chi connectivity index (χ0v) is 13.5. The number of thioether (sulfide) groups is 1. The van der Waals surface area contributed by atoms with Crippen LogP contribution in [0.5, 0.6) is 0 Å². The summed E-state index contributed by atoms with van der Waals surface area (Å²) in [5, 5.41) is 13.0. The number of carbonyl (C=O) groups is 1. The van der Waals surface area contributed by atoms with E-state index in [0.717, 1.165) is 11.3 Å².